The van der Waals surface area contributed by atoms with Gasteiger partial charge in [0.15, 0.2) is 10.9 Å². The van der Waals surface area contributed by atoms with Crippen molar-refractivity contribution in [2.45, 2.75) is 5.16 Å². The summed E-state index contributed by atoms with van der Waals surface area (Å²) in [4.78, 5) is 38.3. The van der Waals surface area contributed by atoms with E-state index in [2.05, 4.69) is 26.0 Å². The molecule has 0 saturated heterocycles. The summed E-state index contributed by atoms with van der Waals surface area (Å²) in [6.07, 6.45) is 0. The van der Waals surface area contributed by atoms with Crippen molar-refractivity contribution in [3.05, 3.63) is 41.5 Å². The lowest BCUT2D eigenvalue weighted by atomic mass is 10.4. The van der Waals surface area contributed by atoms with E-state index in [-0.39, 0.29) is 11.5 Å². The molecule has 2 aromatic heterocycles. The topological polar surface area (TPSA) is 84.8 Å². The molecule has 0 spiro atoms. The quantitative estimate of drug-likeness (QED) is 0.503. The van der Waals surface area contributed by atoms with Gasteiger partial charge in [-0.25, -0.2) is 0 Å². The van der Waals surface area contributed by atoms with Crippen molar-refractivity contribution in [1.29, 1.82) is 0 Å². The SMILES string of the molecule is Cn1[nH]c(=O)c(=O)nc1SCC(=O)c1ccc(Br)s1. The van der Waals surface area contributed by atoms with Crippen molar-refractivity contribution >= 4 is 44.8 Å². The Morgan fingerprint density at radius 2 is 2.26 bits per heavy atom. The number of ketones is 1. The average molecular weight is 362 g/mol. The zero-order valence-electron chi connectivity index (χ0n) is 9.68. The Labute approximate surface area is 124 Å². The van der Waals surface area contributed by atoms with E-state index in [0.717, 1.165) is 15.5 Å². The number of aromatic amines is 1. The second-order valence-electron chi connectivity index (χ2n) is 3.52. The summed E-state index contributed by atoms with van der Waals surface area (Å²) >= 11 is 5.74. The van der Waals surface area contributed by atoms with Crippen LogP contribution in [-0.2, 0) is 7.05 Å². The van der Waals surface area contributed by atoms with Crippen LogP contribution in [-0.4, -0.2) is 26.3 Å². The van der Waals surface area contributed by atoms with Crippen LogP contribution in [0.2, 0.25) is 0 Å². The van der Waals surface area contributed by atoms with E-state index in [0.29, 0.717) is 10.0 Å². The molecule has 0 aliphatic carbocycles. The molecule has 0 fully saturated rings. The minimum Gasteiger partial charge on any atom is -0.292 e. The molecule has 0 aromatic carbocycles. The van der Waals surface area contributed by atoms with Crippen molar-refractivity contribution in [2.24, 2.45) is 7.05 Å². The predicted molar refractivity (Wildman–Crippen MR) is 77.2 cm³/mol. The van der Waals surface area contributed by atoms with Crippen molar-refractivity contribution in [2.75, 3.05) is 5.75 Å². The van der Waals surface area contributed by atoms with Gasteiger partial charge in [-0.2, -0.15) is 4.98 Å². The van der Waals surface area contributed by atoms with E-state index in [9.17, 15) is 14.4 Å². The van der Waals surface area contributed by atoms with Gasteiger partial charge in [-0.05, 0) is 28.1 Å². The molecule has 2 rings (SSSR count). The van der Waals surface area contributed by atoms with Gasteiger partial charge in [-0.3, -0.25) is 24.2 Å². The maximum atomic E-state index is 11.9. The third-order valence-corrected chi connectivity index (χ3v) is 4.82. The van der Waals surface area contributed by atoms with E-state index < -0.39 is 11.1 Å². The second-order valence-corrected chi connectivity index (χ2v) is 6.92. The summed E-state index contributed by atoms with van der Waals surface area (Å²) in [5, 5.41) is 2.62. The van der Waals surface area contributed by atoms with Crippen LogP contribution < -0.4 is 11.1 Å². The molecule has 0 radical (unpaired) electrons. The number of thioether (sulfide) groups is 1. The number of H-pyrrole nitrogens is 1. The van der Waals surface area contributed by atoms with Gasteiger partial charge in [0.2, 0.25) is 0 Å². The summed E-state index contributed by atoms with van der Waals surface area (Å²) in [5.41, 5.74) is -1.63. The summed E-state index contributed by atoms with van der Waals surface area (Å²) < 4.78 is 2.21. The number of aryl methyl sites for hydroxylation is 1. The fourth-order valence-corrected chi connectivity index (χ4v) is 3.47. The first-order valence-electron chi connectivity index (χ1n) is 5.06. The lowest BCUT2D eigenvalue weighted by Gasteiger charge is -2.04. The Morgan fingerprint density at radius 3 is 2.89 bits per heavy atom. The monoisotopic (exact) mass is 361 g/mol. The summed E-state index contributed by atoms with van der Waals surface area (Å²) in [5.74, 6) is 0.0976. The van der Waals surface area contributed by atoms with Crippen molar-refractivity contribution in [1.82, 2.24) is 14.8 Å². The average Bonchev–Trinajstić information content (AvgIpc) is 2.78. The minimum atomic E-state index is -0.855. The molecule has 0 amide bonds. The van der Waals surface area contributed by atoms with Crippen molar-refractivity contribution < 1.29 is 4.79 Å². The highest BCUT2D eigenvalue weighted by Crippen LogP contribution is 2.24. The number of rotatable bonds is 4. The number of nitrogens with zero attached hydrogens (tertiary/aromatic N) is 2. The fourth-order valence-electron chi connectivity index (χ4n) is 1.26. The molecule has 6 nitrogen and oxygen atoms in total. The molecule has 2 heterocycles. The number of carbonyl (C=O) groups is 1. The first-order chi connectivity index (χ1) is 8.97. The van der Waals surface area contributed by atoms with Crippen LogP contribution in [0.3, 0.4) is 0 Å². The van der Waals surface area contributed by atoms with Crippen LogP contribution >= 0.6 is 39.0 Å². The predicted octanol–water partition coefficient (Wildman–Crippen LogP) is 1.27. The molecule has 0 aliphatic rings. The number of halogens is 1. The van der Waals surface area contributed by atoms with Gasteiger partial charge in [0, 0.05) is 7.05 Å². The Morgan fingerprint density at radius 1 is 1.53 bits per heavy atom. The van der Waals surface area contributed by atoms with E-state index in [4.69, 9.17) is 0 Å². The molecule has 19 heavy (non-hydrogen) atoms. The first kappa shape index (κ1) is 14.2. The molecule has 0 saturated carbocycles. The maximum absolute atomic E-state index is 11.9. The number of carbonyl (C=O) groups excluding carboxylic acids is 1. The zero-order chi connectivity index (χ0) is 14.0. The first-order valence-corrected chi connectivity index (χ1v) is 7.65. The van der Waals surface area contributed by atoms with Gasteiger partial charge < -0.3 is 0 Å². The third kappa shape index (κ3) is 3.43. The number of thiophene rings is 1. The maximum Gasteiger partial charge on any atom is 0.339 e. The summed E-state index contributed by atoms with van der Waals surface area (Å²) in [7, 11) is 1.56. The third-order valence-electron chi connectivity index (χ3n) is 2.13. The molecular formula is C10H8BrN3O3S2. The molecular weight excluding hydrogens is 354 g/mol. The second kappa shape index (κ2) is 5.85. The normalized spacial score (nSPS) is 10.6. The minimum absolute atomic E-state index is 0.0545. The van der Waals surface area contributed by atoms with E-state index in [1.54, 1.807) is 19.2 Å². The summed E-state index contributed by atoms with van der Waals surface area (Å²) in [6, 6.07) is 3.54. The fraction of sp³-hybridized carbons (Fsp3) is 0.200. The molecule has 0 unspecified atom stereocenters. The van der Waals surface area contributed by atoms with Crippen molar-refractivity contribution in [3.63, 3.8) is 0 Å². The van der Waals surface area contributed by atoms with Crippen LogP contribution in [0.5, 0.6) is 0 Å². The van der Waals surface area contributed by atoms with Crippen LogP contribution in [0.25, 0.3) is 0 Å². The van der Waals surface area contributed by atoms with Gasteiger partial charge in [0.1, 0.15) is 0 Å². The Kier molecular flexibility index (Phi) is 4.38. The zero-order valence-corrected chi connectivity index (χ0v) is 12.9. The highest BCUT2D eigenvalue weighted by Gasteiger charge is 2.11. The van der Waals surface area contributed by atoms with Gasteiger partial charge in [-0.1, -0.05) is 11.8 Å². The molecule has 2 aromatic rings. The molecule has 0 bridgehead atoms. The lowest BCUT2D eigenvalue weighted by molar-refractivity contribution is 0.102. The molecule has 1 N–H and O–H groups in total. The van der Waals surface area contributed by atoms with E-state index >= 15 is 0 Å². The number of Topliss-reactive ketones (excluding diaryl/α,β-unsaturated/α-hetero) is 1. The van der Waals surface area contributed by atoms with Crippen molar-refractivity contribution in [3.8, 4) is 0 Å². The Bertz CT molecular complexity index is 734. The Balaban J connectivity index is 2.11. The standard InChI is InChI=1S/C10H8BrN3O3S2/c1-14-10(12-8(16)9(17)13-14)18-4-5(15)6-2-3-7(11)19-6/h2-3H,4H2,1H3,(H,13,17). The lowest BCUT2D eigenvalue weighted by Crippen LogP contribution is -2.34. The Hall–Kier alpha value is -1.19. The number of hydrogen-bond acceptors (Lipinski definition) is 6. The van der Waals surface area contributed by atoms with E-state index in [1.807, 2.05) is 0 Å². The smallest absolute Gasteiger partial charge is 0.292 e. The molecule has 9 heteroatoms. The number of aromatic nitrogens is 3. The molecule has 0 aliphatic heterocycles. The molecule has 100 valence electrons. The van der Waals surface area contributed by atoms with Gasteiger partial charge >= 0.3 is 11.1 Å². The van der Waals surface area contributed by atoms with Crippen LogP contribution in [0.15, 0.2) is 30.7 Å². The van der Waals surface area contributed by atoms with Gasteiger partial charge in [0.25, 0.3) is 0 Å². The number of hydrogen-bond donors (Lipinski definition) is 1. The highest BCUT2D eigenvalue weighted by atomic mass is 79.9. The van der Waals surface area contributed by atoms with Gasteiger partial charge in [-0.15, -0.1) is 11.3 Å². The van der Waals surface area contributed by atoms with Crippen LogP contribution in [0.1, 0.15) is 9.67 Å². The largest absolute Gasteiger partial charge is 0.339 e. The van der Waals surface area contributed by atoms with Crippen LogP contribution in [0, 0.1) is 0 Å². The van der Waals surface area contributed by atoms with E-state index in [1.165, 1.54) is 16.0 Å². The van der Waals surface area contributed by atoms with Gasteiger partial charge in [0.05, 0.1) is 14.4 Å². The molecule has 0 atom stereocenters. The van der Waals surface area contributed by atoms with Crippen LogP contribution in [0.4, 0.5) is 0 Å². The number of nitrogens with one attached hydrogen (secondary N) is 1. The summed E-state index contributed by atoms with van der Waals surface area (Å²) in [6.45, 7) is 0. The highest BCUT2D eigenvalue weighted by molar-refractivity contribution is 9.11.